The molecule has 0 saturated carbocycles. The third kappa shape index (κ3) is 6.82. The zero-order chi connectivity index (χ0) is 19.8. The summed E-state index contributed by atoms with van der Waals surface area (Å²) in [5.41, 5.74) is 2.67. The fraction of sp³-hybridized carbons (Fsp3) is 0.682. The number of guanidine groups is 1. The summed E-state index contributed by atoms with van der Waals surface area (Å²) in [5, 5.41) is 7.06. The van der Waals surface area contributed by atoms with Crippen LogP contribution in [0.15, 0.2) is 29.3 Å². The van der Waals surface area contributed by atoms with E-state index < -0.39 is 0 Å². The Kier molecular flexibility index (Phi) is 8.58. The molecule has 2 rings (SSSR count). The van der Waals surface area contributed by atoms with Gasteiger partial charge in [-0.2, -0.15) is 0 Å². The molecular formula is C22H39N5. The molecule has 0 radical (unpaired) electrons. The summed E-state index contributed by atoms with van der Waals surface area (Å²) in [7, 11) is 4.06. The Morgan fingerprint density at radius 3 is 2.15 bits per heavy atom. The van der Waals surface area contributed by atoms with Crippen molar-refractivity contribution in [3.05, 3.63) is 35.4 Å². The number of piperazine rings is 1. The van der Waals surface area contributed by atoms with Gasteiger partial charge < -0.3 is 15.5 Å². The van der Waals surface area contributed by atoms with Crippen molar-refractivity contribution >= 4 is 5.96 Å². The lowest BCUT2D eigenvalue weighted by molar-refractivity contribution is 0.0900. The lowest BCUT2D eigenvalue weighted by Crippen LogP contribution is -2.55. The van der Waals surface area contributed by atoms with Gasteiger partial charge in [0.05, 0.1) is 0 Å². The van der Waals surface area contributed by atoms with Gasteiger partial charge in [0.1, 0.15) is 0 Å². The molecule has 1 aromatic rings. The van der Waals surface area contributed by atoms with E-state index in [1.165, 1.54) is 11.1 Å². The molecule has 5 nitrogen and oxygen atoms in total. The number of likely N-dealkylation sites (N-methyl/N-ethyl adjacent to an activating group) is 1. The SMILES string of the molecule is CN=C(NCC(C)c1ccc(C)cc1)NCC(C(C)C)N1CCN(C)CC1. The maximum atomic E-state index is 4.42. The van der Waals surface area contributed by atoms with Gasteiger partial charge in [-0.25, -0.2) is 0 Å². The van der Waals surface area contributed by atoms with Crippen LogP contribution in [-0.4, -0.2) is 75.2 Å². The first-order valence-corrected chi connectivity index (χ1v) is 10.3. The maximum absolute atomic E-state index is 4.42. The summed E-state index contributed by atoms with van der Waals surface area (Å²) in [4.78, 5) is 9.46. The van der Waals surface area contributed by atoms with Gasteiger partial charge in [-0.05, 0) is 31.4 Å². The van der Waals surface area contributed by atoms with Gasteiger partial charge in [0.25, 0.3) is 0 Å². The van der Waals surface area contributed by atoms with Crippen LogP contribution in [0.5, 0.6) is 0 Å². The molecule has 27 heavy (non-hydrogen) atoms. The molecule has 0 spiro atoms. The Bertz CT molecular complexity index is 573. The molecule has 0 aliphatic carbocycles. The molecule has 5 heteroatoms. The van der Waals surface area contributed by atoms with Crippen LogP contribution in [0.2, 0.25) is 0 Å². The van der Waals surface area contributed by atoms with E-state index >= 15 is 0 Å². The number of aliphatic imine (C=N–C) groups is 1. The van der Waals surface area contributed by atoms with Crippen LogP contribution < -0.4 is 10.6 Å². The molecule has 1 aromatic carbocycles. The van der Waals surface area contributed by atoms with Crippen molar-refractivity contribution in [1.82, 2.24) is 20.4 Å². The molecule has 152 valence electrons. The number of aryl methyl sites for hydroxylation is 1. The molecule has 2 unspecified atom stereocenters. The fourth-order valence-corrected chi connectivity index (χ4v) is 3.62. The van der Waals surface area contributed by atoms with Gasteiger partial charge >= 0.3 is 0 Å². The van der Waals surface area contributed by atoms with E-state index in [-0.39, 0.29) is 0 Å². The average Bonchev–Trinajstić information content (AvgIpc) is 2.65. The zero-order valence-electron chi connectivity index (χ0n) is 18.1. The van der Waals surface area contributed by atoms with Gasteiger partial charge in [0.2, 0.25) is 0 Å². The van der Waals surface area contributed by atoms with E-state index in [2.05, 4.69) is 84.4 Å². The second-order valence-electron chi connectivity index (χ2n) is 8.30. The maximum Gasteiger partial charge on any atom is 0.191 e. The summed E-state index contributed by atoms with van der Waals surface area (Å²) in [6, 6.07) is 9.34. The van der Waals surface area contributed by atoms with Crippen LogP contribution in [-0.2, 0) is 0 Å². The molecule has 2 atom stereocenters. The zero-order valence-corrected chi connectivity index (χ0v) is 18.1. The minimum Gasteiger partial charge on any atom is -0.356 e. The summed E-state index contributed by atoms with van der Waals surface area (Å²) < 4.78 is 0. The molecule has 1 heterocycles. The molecule has 1 fully saturated rings. The lowest BCUT2D eigenvalue weighted by Gasteiger charge is -2.40. The first kappa shape index (κ1) is 21.7. The van der Waals surface area contributed by atoms with Gasteiger partial charge in [0.15, 0.2) is 5.96 Å². The average molecular weight is 374 g/mol. The lowest BCUT2D eigenvalue weighted by atomic mass is 10.00. The van der Waals surface area contributed by atoms with E-state index in [0.29, 0.717) is 17.9 Å². The Morgan fingerprint density at radius 1 is 1.00 bits per heavy atom. The molecule has 0 amide bonds. The van der Waals surface area contributed by atoms with Gasteiger partial charge in [-0.15, -0.1) is 0 Å². The first-order chi connectivity index (χ1) is 12.9. The van der Waals surface area contributed by atoms with Crippen molar-refractivity contribution in [2.24, 2.45) is 10.9 Å². The van der Waals surface area contributed by atoms with E-state index in [1.807, 2.05) is 7.05 Å². The molecular weight excluding hydrogens is 334 g/mol. The molecule has 1 aliphatic heterocycles. The number of hydrogen-bond donors (Lipinski definition) is 2. The van der Waals surface area contributed by atoms with Crippen LogP contribution in [0.4, 0.5) is 0 Å². The standard InChI is InChI=1S/C22H39N5/c1-17(2)21(27-13-11-26(6)12-14-27)16-25-22(23-5)24-15-19(4)20-9-7-18(3)8-10-20/h7-10,17,19,21H,11-16H2,1-6H3,(H2,23,24,25). The highest BCUT2D eigenvalue weighted by molar-refractivity contribution is 5.79. The number of rotatable bonds is 7. The summed E-state index contributed by atoms with van der Waals surface area (Å²) in [6.45, 7) is 15.4. The van der Waals surface area contributed by atoms with E-state index in [0.717, 1.165) is 45.2 Å². The second-order valence-corrected chi connectivity index (χ2v) is 8.30. The van der Waals surface area contributed by atoms with Crippen LogP contribution >= 0.6 is 0 Å². The van der Waals surface area contributed by atoms with E-state index in [9.17, 15) is 0 Å². The van der Waals surface area contributed by atoms with Crippen molar-refractivity contribution in [1.29, 1.82) is 0 Å². The first-order valence-electron chi connectivity index (χ1n) is 10.3. The normalized spacial score (nSPS) is 19.1. The van der Waals surface area contributed by atoms with Gasteiger partial charge in [-0.3, -0.25) is 9.89 Å². The third-order valence-electron chi connectivity index (χ3n) is 5.70. The molecule has 0 bridgehead atoms. The van der Waals surface area contributed by atoms with Crippen LogP contribution in [0.3, 0.4) is 0 Å². The predicted molar refractivity (Wildman–Crippen MR) is 117 cm³/mol. The number of nitrogens with one attached hydrogen (secondary N) is 2. The minimum absolute atomic E-state index is 0.447. The second kappa shape index (κ2) is 10.7. The Balaban J connectivity index is 1.83. The van der Waals surface area contributed by atoms with Crippen molar-refractivity contribution in [2.75, 3.05) is 53.4 Å². The van der Waals surface area contributed by atoms with Crippen molar-refractivity contribution in [3.63, 3.8) is 0 Å². The van der Waals surface area contributed by atoms with Crippen LogP contribution in [0, 0.1) is 12.8 Å². The minimum atomic E-state index is 0.447. The highest BCUT2D eigenvalue weighted by Crippen LogP contribution is 2.15. The summed E-state index contributed by atoms with van der Waals surface area (Å²) in [5.74, 6) is 1.96. The van der Waals surface area contributed by atoms with Gasteiger partial charge in [-0.1, -0.05) is 50.6 Å². The largest absolute Gasteiger partial charge is 0.356 e. The van der Waals surface area contributed by atoms with Crippen LogP contribution in [0.25, 0.3) is 0 Å². The Morgan fingerprint density at radius 2 is 1.59 bits per heavy atom. The van der Waals surface area contributed by atoms with Crippen molar-refractivity contribution < 1.29 is 0 Å². The van der Waals surface area contributed by atoms with Crippen molar-refractivity contribution in [2.45, 2.75) is 39.7 Å². The smallest absolute Gasteiger partial charge is 0.191 e. The van der Waals surface area contributed by atoms with E-state index in [1.54, 1.807) is 0 Å². The Labute approximate surface area is 166 Å². The Hall–Kier alpha value is -1.59. The fourth-order valence-electron chi connectivity index (χ4n) is 3.62. The molecule has 2 N–H and O–H groups in total. The van der Waals surface area contributed by atoms with Crippen LogP contribution in [0.1, 0.15) is 37.8 Å². The van der Waals surface area contributed by atoms with E-state index in [4.69, 9.17) is 0 Å². The van der Waals surface area contributed by atoms with Gasteiger partial charge in [0, 0.05) is 52.4 Å². The highest BCUT2D eigenvalue weighted by atomic mass is 15.3. The quantitative estimate of drug-likeness (QED) is 0.569. The topological polar surface area (TPSA) is 42.9 Å². The molecule has 1 saturated heterocycles. The predicted octanol–water partition coefficient (Wildman–Crippen LogP) is 2.54. The third-order valence-corrected chi connectivity index (χ3v) is 5.70. The molecule has 1 aliphatic rings. The van der Waals surface area contributed by atoms with Crippen molar-refractivity contribution in [3.8, 4) is 0 Å². The number of benzene rings is 1. The highest BCUT2D eigenvalue weighted by Gasteiger charge is 2.25. The molecule has 0 aromatic heterocycles. The summed E-state index contributed by atoms with van der Waals surface area (Å²) in [6.07, 6.45) is 0. The summed E-state index contributed by atoms with van der Waals surface area (Å²) >= 11 is 0. The number of nitrogens with zero attached hydrogens (tertiary/aromatic N) is 3. The monoisotopic (exact) mass is 373 g/mol. The number of hydrogen-bond acceptors (Lipinski definition) is 3.